The van der Waals surface area contributed by atoms with E-state index in [2.05, 4.69) is 9.05 Å². The van der Waals surface area contributed by atoms with Crippen LogP contribution < -0.4 is 0 Å². The zero-order valence-corrected chi connectivity index (χ0v) is 16.1. The fourth-order valence-electron chi connectivity index (χ4n) is 2.48. The SMILES string of the molecule is O=C(OP(=O)(O)OC(=O)c1cc2ccccc2s1)c1cc2ccccc2s1. The summed E-state index contributed by atoms with van der Waals surface area (Å²) in [6.07, 6.45) is 0. The third-order valence-corrected chi connectivity index (χ3v) is 6.64. The minimum atomic E-state index is -4.91. The van der Waals surface area contributed by atoms with Gasteiger partial charge in [-0.15, -0.1) is 22.7 Å². The molecular formula is C18H11O6PS2. The van der Waals surface area contributed by atoms with Gasteiger partial charge in [0.15, 0.2) is 0 Å². The van der Waals surface area contributed by atoms with E-state index >= 15 is 0 Å². The second-order valence-corrected chi connectivity index (χ2v) is 8.99. The van der Waals surface area contributed by atoms with E-state index in [1.807, 2.05) is 48.5 Å². The van der Waals surface area contributed by atoms with E-state index in [-0.39, 0.29) is 9.75 Å². The second kappa shape index (κ2) is 6.90. The highest BCUT2D eigenvalue weighted by molar-refractivity contribution is 7.48. The molecule has 4 aromatic rings. The molecule has 0 aliphatic rings. The molecule has 0 amide bonds. The summed E-state index contributed by atoms with van der Waals surface area (Å²) in [6.45, 7) is 0. The lowest BCUT2D eigenvalue weighted by molar-refractivity contribution is 0.0571. The number of thiophene rings is 2. The van der Waals surface area contributed by atoms with E-state index in [1.54, 1.807) is 12.1 Å². The number of phosphoric acid groups is 1. The molecule has 0 saturated carbocycles. The second-order valence-electron chi connectivity index (χ2n) is 5.52. The van der Waals surface area contributed by atoms with Crippen LogP contribution >= 0.6 is 30.5 Å². The van der Waals surface area contributed by atoms with E-state index in [0.717, 1.165) is 42.8 Å². The number of phosphoric ester groups is 1. The summed E-state index contributed by atoms with van der Waals surface area (Å²) in [5.74, 6) is -2.04. The Balaban J connectivity index is 1.49. The van der Waals surface area contributed by atoms with Gasteiger partial charge >= 0.3 is 19.8 Å². The van der Waals surface area contributed by atoms with E-state index in [4.69, 9.17) is 0 Å². The summed E-state index contributed by atoms with van der Waals surface area (Å²) in [6, 6.07) is 17.6. The van der Waals surface area contributed by atoms with Gasteiger partial charge in [0.25, 0.3) is 0 Å². The minimum Gasteiger partial charge on any atom is -0.357 e. The van der Waals surface area contributed by atoms with Crippen molar-refractivity contribution in [3.63, 3.8) is 0 Å². The van der Waals surface area contributed by atoms with Crippen molar-refractivity contribution in [2.75, 3.05) is 0 Å². The molecule has 0 spiro atoms. The molecule has 0 fully saturated rings. The number of carbonyl (C=O) groups excluding carboxylic acids is 2. The molecule has 0 saturated heterocycles. The summed E-state index contributed by atoms with van der Waals surface area (Å²) < 4.78 is 22.9. The molecule has 2 aromatic carbocycles. The minimum absolute atomic E-state index is 0.142. The summed E-state index contributed by atoms with van der Waals surface area (Å²) in [7, 11) is -4.91. The van der Waals surface area contributed by atoms with Crippen molar-refractivity contribution in [1.82, 2.24) is 0 Å². The number of rotatable bonds is 4. The first-order valence-electron chi connectivity index (χ1n) is 7.69. The molecule has 0 aliphatic carbocycles. The smallest absolute Gasteiger partial charge is 0.357 e. The maximum atomic E-state index is 12.2. The Hall–Kier alpha value is -2.51. The van der Waals surface area contributed by atoms with Crippen molar-refractivity contribution in [1.29, 1.82) is 0 Å². The maximum Gasteiger partial charge on any atom is 0.589 e. The standard InChI is InChI=1S/C18H11O6PS2/c19-17(15-9-11-5-1-3-7-13(11)26-15)23-25(21,22)24-18(20)16-10-12-6-2-4-8-14(12)27-16/h1-10H,(H,21,22). The lowest BCUT2D eigenvalue weighted by atomic mass is 10.2. The molecule has 1 N–H and O–H groups in total. The normalized spacial score (nSPS) is 11.6. The van der Waals surface area contributed by atoms with E-state index in [1.165, 1.54) is 0 Å². The van der Waals surface area contributed by atoms with Crippen LogP contribution in [0.3, 0.4) is 0 Å². The van der Waals surface area contributed by atoms with Gasteiger partial charge in [0.1, 0.15) is 9.75 Å². The highest BCUT2D eigenvalue weighted by atomic mass is 32.1. The summed E-state index contributed by atoms with van der Waals surface area (Å²) in [5.41, 5.74) is 0. The topological polar surface area (TPSA) is 89.9 Å². The first-order chi connectivity index (χ1) is 12.9. The van der Waals surface area contributed by atoms with E-state index in [0.29, 0.717) is 0 Å². The third-order valence-electron chi connectivity index (χ3n) is 3.65. The van der Waals surface area contributed by atoms with Crippen molar-refractivity contribution >= 4 is 62.6 Å². The summed E-state index contributed by atoms with van der Waals surface area (Å²) >= 11 is 2.24. The molecule has 0 unspecified atom stereocenters. The van der Waals surface area contributed by atoms with Crippen LogP contribution in [0.1, 0.15) is 19.3 Å². The Morgan fingerprint density at radius 2 is 1.19 bits per heavy atom. The van der Waals surface area contributed by atoms with Gasteiger partial charge in [-0.3, -0.25) is 4.89 Å². The van der Waals surface area contributed by atoms with Crippen LogP contribution in [0.5, 0.6) is 0 Å². The summed E-state index contributed by atoms with van der Waals surface area (Å²) in [4.78, 5) is 34.4. The van der Waals surface area contributed by atoms with Crippen LogP contribution in [0.4, 0.5) is 0 Å². The number of fused-ring (bicyclic) bond motifs is 2. The molecule has 0 radical (unpaired) electrons. The average Bonchev–Trinajstić information content (AvgIpc) is 3.25. The predicted octanol–water partition coefficient (Wildman–Crippen LogP) is 5.23. The van der Waals surface area contributed by atoms with Gasteiger partial charge in [-0.1, -0.05) is 36.4 Å². The van der Waals surface area contributed by atoms with Crippen LogP contribution in [0, 0.1) is 0 Å². The van der Waals surface area contributed by atoms with Gasteiger partial charge in [0.2, 0.25) is 0 Å². The molecule has 2 heterocycles. The Labute approximate surface area is 161 Å². The van der Waals surface area contributed by atoms with E-state index < -0.39 is 19.8 Å². The molecule has 9 heteroatoms. The molecule has 0 atom stereocenters. The number of hydrogen-bond donors (Lipinski definition) is 1. The van der Waals surface area contributed by atoms with Crippen molar-refractivity contribution in [3.8, 4) is 0 Å². The molecule has 6 nitrogen and oxygen atoms in total. The van der Waals surface area contributed by atoms with Crippen LogP contribution in [-0.4, -0.2) is 16.8 Å². The number of benzene rings is 2. The lowest BCUT2D eigenvalue weighted by Crippen LogP contribution is -2.07. The van der Waals surface area contributed by atoms with Crippen molar-refractivity contribution < 1.29 is 28.1 Å². The van der Waals surface area contributed by atoms with Gasteiger partial charge in [-0.2, -0.15) is 0 Å². The Morgan fingerprint density at radius 3 is 1.59 bits per heavy atom. The van der Waals surface area contributed by atoms with Crippen LogP contribution in [-0.2, 0) is 13.6 Å². The molecule has 0 aliphatic heterocycles. The van der Waals surface area contributed by atoms with Crippen LogP contribution in [0.25, 0.3) is 20.2 Å². The number of carbonyl (C=O) groups is 2. The van der Waals surface area contributed by atoms with Crippen molar-refractivity contribution in [2.45, 2.75) is 0 Å². The largest absolute Gasteiger partial charge is 0.589 e. The first-order valence-corrected chi connectivity index (χ1v) is 10.8. The fraction of sp³-hybridized carbons (Fsp3) is 0. The van der Waals surface area contributed by atoms with Crippen LogP contribution in [0.2, 0.25) is 0 Å². The Kier molecular flexibility index (Phi) is 4.57. The Bertz CT molecular complexity index is 1070. The average molecular weight is 418 g/mol. The number of hydrogen-bond acceptors (Lipinski definition) is 7. The molecule has 2 aromatic heterocycles. The highest BCUT2D eigenvalue weighted by Gasteiger charge is 2.33. The lowest BCUT2D eigenvalue weighted by Gasteiger charge is -2.09. The monoisotopic (exact) mass is 418 g/mol. The van der Waals surface area contributed by atoms with Gasteiger partial charge < -0.3 is 9.05 Å². The molecular weight excluding hydrogens is 407 g/mol. The summed E-state index contributed by atoms with van der Waals surface area (Å²) in [5, 5.41) is 1.62. The van der Waals surface area contributed by atoms with E-state index in [9.17, 15) is 19.0 Å². The Morgan fingerprint density at radius 1 is 0.778 bits per heavy atom. The molecule has 27 heavy (non-hydrogen) atoms. The van der Waals surface area contributed by atoms with Gasteiger partial charge in [0.05, 0.1) is 0 Å². The van der Waals surface area contributed by atoms with Gasteiger partial charge in [-0.05, 0) is 35.0 Å². The van der Waals surface area contributed by atoms with Crippen LogP contribution in [0.15, 0.2) is 60.7 Å². The molecule has 4 rings (SSSR count). The molecule has 136 valence electrons. The molecule has 0 bridgehead atoms. The van der Waals surface area contributed by atoms with Gasteiger partial charge in [-0.25, -0.2) is 14.2 Å². The van der Waals surface area contributed by atoms with Gasteiger partial charge in [0, 0.05) is 9.40 Å². The predicted molar refractivity (Wildman–Crippen MR) is 104 cm³/mol. The van der Waals surface area contributed by atoms with Crippen molar-refractivity contribution in [3.05, 3.63) is 70.4 Å². The zero-order valence-electron chi connectivity index (χ0n) is 13.5. The fourth-order valence-corrected chi connectivity index (χ4v) is 5.14. The highest BCUT2D eigenvalue weighted by Crippen LogP contribution is 2.46. The zero-order chi connectivity index (χ0) is 19.0. The quantitative estimate of drug-likeness (QED) is 0.457. The third kappa shape index (κ3) is 3.79. The maximum absolute atomic E-state index is 12.2. The van der Waals surface area contributed by atoms with Crippen molar-refractivity contribution in [2.24, 2.45) is 0 Å². The first kappa shape index (κ1) is 17.9.